The highest BCUT2D eigenvalue weighted by Gasteiger charge is 2.23. The molecular formula is C27H27N3O2S2. The normalized spacial score (nSPS) is 13.1. The lowest BCUT2D eigenvalue weighted by atomic mass is 9.97. The van der Waals surface area contributed by atoms with Gasteiger partial charge in [0.2, 0.25) is 5.91 Å². The maximum atomic E-state index is 13.7. The second kappa shape index (κ2) is 9.76. The molecule has 0 saturated carbocycles. The number of rotatable bonds is 6. The summed E-state index contributed by atoms with van der Waals surface area (Å²) >= 11 is 2.97. The van der Waals surface area contributed by atoms with Crippen LogP contribution in [0.3, 0.4) is 0 Å². The van der Waals surface area contributed by atoms with Crippen LogP contribution in [0, 0.1) is 13.8 Å². The first-order valence-corrected chi connectivity index (χ1v) is 13.4. The summed E-state index contributed by atoms with van der Waals surface area (Å²) < 4.78 is 1.75. The lowest BCUT2D eigenvalue weighted by molar-refractivity contribution is -0.113. The zero-order valence-electron chi connectivity index (χ0n) is 19.4. The van der Waals surface area contributed by atoms with Gasteiger partial charge in [-0.15, -0.1) is 11.3 Å². The van der Waals surface area contributed by atoms with Gasteiger partial charge in [0, 0.05) is 10.6 Å². The van der Waals surface area contributed by atoms with Crippen LogP contribution in [-0.4, -0.2) is 21.2 Å². The third-order valence-corrected chi connectivity index (χ3v) is 8.60. The summed E-state index contributed by atoms with van der Waals surface area (Å²) in [5, 5.41) is 4.38. The average Bonchev–Trinajstić information content (AvgIpc) is 3.22. The molecule has 0 radical (unpaired) electrons. The SMILES string of the molecule is Cc1cccc(NC(=O)CSc2nc3sc4c(c3c(=O)n2Cc2ccccc2)CCCC4)c1C. The van der Waals surface area contributed by atoms with E-state index >= 15 is 0 Å². The number of nitrogens with one attached hydrogen (secondary N) is 1. The van der Waals surface area contributed by atoms with Gasteiger partial charge in [-0.2, -0.15) is 0 Å². The number of thiophene rings is 1. The fraction of sp³-hybridized carbons (Fsp3) is 0.296. The lowest BCUT2D eigenvalue weighted by Crippen LogP contribution is -2.25. The number of hydrogen-bond donors (Lipinski definition) is 1. The van der Waals surface area contributed by atoms with Crippen LogP contribution in [0.2, 0.25) is 0 Å². The summed E-state index contributed by atoms with van der Waals surface area (Å²) in [5.74, 6) is 0.0790. The fourth-order valence-corrected chi connectivity index (χ4v) is 6.54. The number of aromatic nitrogens is 2. The Morgan fingerprint density at radius 3 is 2.71 bits per heavy atom. The van der Waals surface area contributed by atoms with Crippen LogP contribution < -0.4 is 10.9 Å². The van der Waals surface area contributed by atoms with E-state index in [4.69, 9.17) is 4.98 Å². The predicted octanol–water partition coefficient (Wildman–Crippen LogP) is 5.73. The molecule has 0 bridgehead atoms. The molecule has 5 rings (SSSR count). The Morgan fingerprint density at radius 1 is 1.09 bits per heavy atom. The number of aryl methyl sites for hydroxylation is 3. The van der Waals surface area contributed by atoms with Crippen LogP contribution in [-0.2, 0) is 24.2 Å². The second-order valence-electron chi connectivity index (χ2n) is 8.75. The minimum Gasteiger partial charge on any atom is -0.325 e. The van der Waals surface area contributed by atoms with E-state index in [1.54, 1.807) is 15.9 Å². The van der Waals surface area contributed by atoms with Gasteiger partial charge in [0.15, 0.2) is 5.16 Å². The molecule has 1 N–H and O–H groups in total. The van der Waals surface area contributed by atoms with Crippen molar-refractivity contribution in [2.75, 3.05) is 11.1 Å². The summed E-state index contributed by atoms with van der Waals surface area (Å²) in [6.07, 6.45) is 4.25. The van der Waals surface area contributed by atoms with Gasteiger partial charge in [0.1, 0.15) is 4.83 Å². The van der Waals surface area contributed by atoms with Crippen molar-refractivity contribution in [3.8, 4) is 0 Å². The molecule has 1 aliphatic carbocycles. The van der Waals surface area contributed by atoms with Crippen molar-refractivity contribution in [2.45, 2.75) is 51.2 Å². The van der Waals surface area contributed by atoms with Crippen molar-refractivity contribution in [1.29, 1.82) is 0 Å². The zero-order valence-corrected chi connectivity index (χ0v) is 21.0. The first-order chi connectivity index (χ1) is 16.5. The molecule has 1 amide bonds. The number of nitrogens with zero attached hydrogens (tertiary/aromatic N) is 2. The molecule has 2 aromatic heterocycles. The Bertz CT molecular complexity index is 1420. The predicted molar refractivity (Wildman–Crippen MR) is 141 cm³/mol. The van der Waals surface area contributed by atoms with Gasteiger partial charge in [-0.25, -0.2) is 4.98 Å². The molecule has 2 heterocycles. The number of hydrogen-bond acceptors (Lipinski definition) is 5. The maximum absolute atomic E-state index is 13.7. The quantitative estimate of drug-likeness (QED) is 0.277. The van der Waals surface area contributed by atoms with Crippen molar-refractivity contribution in [3.05, 3.63) is 86.0 Å². The molecule has 0 spiro atoms. The highest BCUT2D eigenvalue weighted by atomic mass is 32.2. The highest BCUT2D eigenvalue weighted by Crippen LogP contribution is 2.35. The van der Waals surface area contributed by atoms with Gasteiger partial charge in [-0.05, 0) is 67.9 Å². The van der Waals surface area contributed by atoms with Gasteiger partial charge < -0.3 is 5.32 Å². The Balaban J connectivity index is 1.47. The molecule has 4 aromatic rings. The molecule has 2 aromatic carbocycles. The van der Waals surface area contributed by atoms with Crippen LogP contribution in [0.25, 0.3) is 10.2 Å². The highest BCUT2D eigenvalue weighted by molar-refractivity contribution is 7.99. The Morgan fingerprint density at radius 2 is 1.88 bits per heavy atom. The van der Waals surface area contributed by atoms with E-state index in [1.165, 1.54) is 22.2 Å². The molecule has 34 heavy (non-hydrogen) atoms. The van der Waals surface area contributed by atoms with E-state index in [9.17, 15) is 9.59 Å². The molecule has 0 aliphatic heterocycles. The Hall–Kier alpha value is -2.90. The largest absolute Gasteiger partial charge is 0.325 e. The number of carbonyl (C=O) groups is 1. The van der Waals surface area contributed by atoms with Gasteiger partial charge in [-0.3, -0.25) is 14.2 Å². The van der Waals surface area contributed by atoms with Crippen molar-refractivity contribution < 1.29 is 4.79 Å². The smallest absolute Gasteiger partial charge is 0.263 e. The lowest BCUT2D eigenvalue weighted by Gasteiger charge is -2.14. The van der Waals surface area contributed by atoms with E-state index in [2.05, 4.69) is 5.32 Å². The molecule has 0 atom stereocenters. The Kier molecular flexibility index (Phi) is 6.57. The number of anilines is 1. The van der Waals surface area contributed by atoms with E-state index in [1.807, 2.05) is 62.4 Å². The molecule has 7 heteroatoms. The summed E-state index contributed by atoms with van der Waals surface area (Å²) in [6.45, 7) is 4.47. The summed E-state index contributed by atoms with van der Waals surface area (Å²) in [4.78, 5) is 33.5. The number of thioether (sulfide) groups is 1. The molecule has 1 aliphatic rings. The minimum absolute atomic E-state index is 0.00527. The number of fused-ring (bicyclic) bond motifs is 3. The van der Waals surface area contributed by atoms with E-state index in [-0.39, 0.29) is 17.2 Å². The molecule has 0 saturated heterocycles. The Labute approximate surface area is 207 Å². The van der Waals surface area contributed by atoms with Crippen molar-refractivity contribution in [1.82, 2.24) is 9.55 Å². The summed E-state index contributed by atoms with van der Waals surface area (Å²) in [7, 11) is 0. The van der Waals surface area contributed by atoms with Crippen LogP contribution in [0.4, 0.5) is 5.69 Å². The third-order valence-electron chi connectivity index (χ3n) is 6.43. The summed E-state index contributed by atoms with van der Waals surface area (Å²) in [6, 6.07) is 15.8. The van der Waals surface area contributed by atoms with Crippen LogP contribution in [0.5, 0.6) is 0 Å². The van der Waals surface area contributed by atoms with E-state index < -0.39 is 0 Å². The third kappa shape index (κ3) is 4.55. The molecule has 174 valence electrons. The standard InChI is InChI=1S/C27H27N3O2S2/c1-17-9-8-13-21(18(17)2)28-23(31)16-33-27-29-25-24(20-12-6-7-14-22(20)34-25)26(32)30(27)15-19-10-4-3-5-11-19/h3-5,8-11,13H,6-7,12,14-16H2,1-2H3,(H,28,31). The average molecular weight is 490 g/mol. The zero-order chi connectivity index (χ0) is 23.7. The van der Waals surface area contributed by atoms with Crippen LogP contribution in [0.15, 0.2) is 58.5 Å². The minimum atomic E-state index is -0.107. The summed E-state index contributed by atoms with van der Waals surface area (Å²) in [5.41, 5.74) is 5.25. The van der Waals surface area contributed by atoms with E-state index in [0.717, 1.165) is 58.3 Å². The first-order valence-electron chi connectivity index (χ1n) is 11.6. The molecule has 0 unspecified atom stereocenters. The van der Waals surface area contributed by atoms with Gasteiger partial charge in [-0.1, -0.05) is 54.2 Å². The monoisotopic (exact) mass is 489 g/mol. The maximum Gasteiger partial charge on any atom is 0.263 e. The van der Waals surface area contributed by atoms with Crippen LogP contribution >= 0.6 is 23.1 Å². The van der Waals surface area contributed by atoms with Gasteiger partial charge in [0.25, 0.3) is 5.56 Å². The van der Waals surface area contributed by atoms with Crippen molar-refractivity contribution in [2.24, 2.45) is 0 Å². The van der Waals surface area contributed by atoms with Gasteiger partial charge in [0.05, 0.1) is 17.7 Å². The van der Waals surface area contributed by atoms with Crippen molar-refractivity contribution >= 4 is 44.9 Å². The molecule has 0 fully saturated rings. The second-order valence-corrected chi connectivity index (χ2v) is 10.8. The number of benzene rings is 2. The van der Waals surface area contributed by atoms with Crippen LogP contribution in [0.1, 0.15) is 40.0 Å². The first kappa shape index (κ1) is 22.9. The van der Waals surface area contributed by atoms with Crippen molar-refractivity contribution in [3.63, 3.8) is 0 Å². The van der Waals surface area contributed by atoms with Gasteiger partial charge >= 0.3 is 0 Å². The topological polar surface area (TPSA) is 64.0 Å². The number of carbonyl (C=O) groups excluding carboxylic acids is 1. The fourth-order valence-electron chi connectivity index (χ4n) is 4.44. The number of amides is 1. The molecular weight excluding hydrogens is 462 g/mol. The molecule has 5 nitrogen and oxygen atoms in total. The van der Waals surface area contributed by atoms with E-state index in [0.29, 0.717) is 11.7 Å².